The predicted molar refractivity (Wildman–Crippen MR) is 105 cm³/mol. The van der Waals surface area contributed by atoms with Crippen molar-refractivity contribution in [2.75, 3.05) is 7.11 Å². The summed E-state index contributed by atoms with van der Waals surface area (Å²) in [7, 11) is 1.55. The van der Waals surface area contributed by atoms with E-state index in [9.17, 15) is 9.59 Å². The van der Waals surface area contributed by atoms with Gasteiger partial charge in [0.25, 0.3) is 5.91 Å². The number of benzene rings is 2. The van der Waals surface area contributed by atoms with Crippen LogP contribution in [-0.2, 0) is 11.4 Å². The van der Waals surface area contributed by atoms with Gasteiger partial charge in [0, 0.05) is 0 Å². The number of hydrazone groups is 1. The Balaban J connectivity index is 1.72. The number of amides is 3. The first-order valence-corrected chi connectivity index (χ1v) is 9.02. The van der Waals surface area contributed by atoms with Gasteiger partial charge in [-0.3, -0.25) is 4.79 Å². The van der Waals surface area contributed by atoms with E-state index in [0.717, 1.165) is 10.6 Å². The number of carbonyl (C=O) groups excluding carboxylic acids is 2. The van der Waals surface area contributed by atoms with E-state index in [1.54, 1.807) is 32.2 Å². The fraction of sp³-hybridized carbons (Fsp3) is 0.286. The van der Waals surface area contributed by atoms with Crippen LogP contribution in [0.5, 0.6) is 11.5 Å². The molecule has 2 aromatic carbocycles. The standard InChI is InChI=1S/C21H23N3O4/c1-4-21(2)19(25)24(20(26)23-21)22-13-16-10-11-17(18(12-16)27-3)28-14-15-8-6-5-7-9-15/h5-13H,4,14H2,1-3H3,(H,23,26). The Labute approximate surface area is 163 Å². The molecule has 0 radical (unpaired) electrons. The van der Waals surface area contributed by atoms with Crippen molar-refractivity contribution in [2.24, 2.45) is 5.10 Å². The molecule has 0 saturated carbocycles. The van der Waals surface area contributed by atoms with Crippen LogP contribution in [0.4, 0.5) is 4.79 Å². The van der Waals surface area contributed by atoms with E-state index in [1.165, 1.54) is 6.21 Å². The summed E-state index contributed by atoms with van der Waals surface area (Å²) in [6.07, 6.45) is 1.94. The molecule has 28 heavy (non-hydrogen) atoms. The third-order valence-electron chi connectivity index (χ3n) is 4.69. The number of nitrogens with one attached hydrogen (secondary N) is 1. The van der Waals surface area contributed by atoms with Gasteiger partial charge in [-0.05, 0) is 42.7 Å². The minimum atomic E-state index is -0.915. The Hall–Kier alpha value is -3.35. The van der Waals surface area contributed by atoms with E-state index in [2.05, 4.69) is 10.4 Å². The maximum atomic E-state index is 12.4. The van der Waals surface area contributed by atoms with E-state index in [1.807, 2.05) is 37.3 Å². The molecule has 7 nitrogen and oxygen atoms in total. The molecule has 0 aliphatic carbocycles. The quantitative estimate of drug-likeness (QED) is 0.589. The molecular formula is C21H23N3O4. The van der Waals surface area contributed by atoms with Gasteiger partial charge in [-0.15, -0.1) is 5.01 Å². The smallest absolute Gasteiger partial charge is 0.346 e. The number of imide groups is 1. The van der Waals surface area contributed by atoms with Gasteiger partial charge in [0.05, 0.1) is 13.3 Å². The van der Waals surface area contributed by atoms with Gasteiger partial charge in [-0.25, -0.2) is 4.79 Å². The minimum Gasteiger partial charge on any atom is -0.493 e. The van der Waals surface area contributed by atoms with Crippen molar-refractivity contribution in [3.63, 3.8) is 0 Å². The van der Waals surface area contributed by atoms with Crippen LogP contribution in [0.3, 0.4) is 0 Å². The highest BCUT2D eigenvalue weighted by Crippen LogP contribution is 2.28. The van der Waals surface area contributed by atoms with Crippen LogP contribution in [-0.4, -0.2) is 35.8 Å². The Morgan fingerprint density at radius 1 is 1.14 bits per heavy atom. The van der Waals surface area contributed by atoms with Crippen molar-refractivity contribution in [3.8, 4) is 11.5 Å². The molecule has 0 bridgehead atoms. The average Bonchev–Trinajstić information content (AvgIpc) is 2.94. The lowest BCUT2D eigenvalue weighted by molar-refractivity contribution is -0.130. The highest BCUT2D eigenvalue weighted by Gasteiger charge is 2.46. The molecule has 3 rings (SSSR count). The lowest BCUT2D eigenvalue weighted by atomic mass is 10.00. The number of ether oxygens (including phenoxy) is 2. The monoisotopic (exact) mass is 381 g/mol. The number of hydrogen-bond donors (Lipinski definition) is 1. The van der Waals surface area contributed by atoms with Gasteiger partial charge in [-0.2, -0.15) is 5.10 Å². The molecule has 1 unspecified atom stereocenters. The van der Waals surface area contributed by atoms with Crippen LogP contribution in [0, 0.1) is 0 Å². The van der Waals surface area contributed by atoms with Crippen molar-refractivity contribution >= 4 is 18.2 Å². The molecule has 7 heteroatoms. The molecule has 1 heterocycles. The van der Waals surface area contributed by atoms with Gasteiger partial charge in [0.1, 0.15) is 12.1 Å². The first-order valence-electron chi connectivity index (χ1n) is 9.02. The molecule has 2 aromatic rings. The summed E-state index contributed by atoms with van der Waals surface area (Å²) in [6, 6.07) is 14.6. The number of nitrogens with zero attached hydrogens (tertiary/aromatic N) is 2. The Morgan fingerprint density at radius 2 is 1.89 bits per heavy atom. The Morgan fingerprint density at radius 3 is 2.54 bits per heavy atom. The zero-order valence-electron chi connectivity index (χ0n) is 16.1. The highest BCUT2D eigenvalue weighted by atomic mass is 16.5. The van der Waals surface area contributed by atoms with Crippen molar-refractivity contribution in [1.29, 1.82) is 0 Å². The summed E-state index contributed by atoms with van der Waals surface area (Å²) in [6.45, 7) is 3.94. The van der Waals surface area contributed by atoms with Crippen molar-refractivity contribution in [1.82, 2.24) is 10.3 Å². The third-order valence-corrected chi connectivity index (χ3v) is 4.69. The van der Waals surface area contributed by atoms with Crippen LogP contribution < -0.4 is 14.8 Å². The van der Waals surface area contributed by atoms with Gasteiger partial charge in [0.15, 0.2) is 11.5 Å². The fourth-order valence-electron chi connectivity index (χ4n) is 2.76. The van der Waals surface area contributed by atoms with Crippen molar-refractivity contribution in [3.05, 3.63) is 59.7 Å². The zero-order chi connectivity index (χ0) is 20.1. The molecule has 1 aliphatic heterocycles. The van der Waals surface area contributed by atoms with Gasteiger partial charge in [-0.1, -0.05) is 37.3 Å². The van der Waals surface area contributed by atoms with E-state index >= 15 is 0 Å². The van der Waals surface area contributed by atoms with Crippen LogP contribution in [0.15, 0.2) is 53.6 Å². The first-order chi connectivity index (χ1) is 13.5. The van der Waals surface area contributed by atoms with E-state index < -0.39 is 11.6 Å². The van der Waals surface area contributed by atoms with Crippen molar-refractivity contribution in [2.45, 2.75) is 32.4 Å². The lowest BCUT2D eigenvalue weighted by Crippen LogP contribution is -2.42. The topological polar surface area (TPSA) is 80.2 Å². The number of hydrogen-bond acceptors (Lipinski definition) is 5. The fourth-order valence-corrected chi connectivity index (χ4v) is 2.76. The molecular weight excluding hydrogens is 358 g/mol. The summed E-state index contributed by atoms with van der Waals surface area (Å²) < 4.78 is 11.2. The normalized spacial score (nSPS) is 19.2. The SMILES string of the molecule is CCC1(C)NC(=O)N(N=Cc2ccc(OCc3ccccc3)c(OC)c2)C1=O. The molecule has 146 valence electrons. The second-order valence-corrected chi connectivity index (χ2v) is 6.66. The summed E-state index contributed by atoms with van der Waals surface area (Å²) in [5, 5.41) is 7.56. The third kappa shape index (κ3) is 3.98. The van der Waals surface area contributed by atoms with Gasteiger partial charge in [0.2, 0.25) is 0 Å². The number of urea groups is 1. The molecule has 1 fully saturated rings. The Bertz CT molecular complexity index is 898. The van der Waals surface area contributed by atoms with Crippen LogP contribution in [0.1, 0.15) is 31.4 Å². The lowest BCUT2D eigenvalue weighted by Gasteiger charge is -2.17. The minimum absolute atomic E-state index is 0.369. The molecule has 1 atom stereocenters. The van der Waals surface area contributed by atoms with Crippen LogP contribution in [0.25, 0.3) is 0 Å². The molecule has 1 aliphatic rings. The van der Waals surface area contributed by atoms with E-state index in [-0.39, 0.29) is 5.91 Å². The zero-order valence-corrected chi connectivity index (χ0v) is 16.1. The predicted octanol–water partition coefficient (Wildman–Crippen LogP) is 3.33. The largest absolute Gasteiger partial charge is 0.493 e. The van der Waals surface area contributed by atoms with E-state index in [0.29, 0.717) is 30.1 Å². The van der Waals surface area contributed by atoms with Gasteiger partial charge < -0.3 is 14.8 Å². The van der Waals surface area contributed by atoms with Crippen LogP contribution >= 0.6 is 0 Å². The Kier molecular flexibility index (Phi) is 5.63. The number of methoxy groups -OCH3 is 1. The summed E-state index contributed by atoms with van der Waals surface area (Å²) >= 11 is 0. The van der Waals surface area contributed by atoms with E-state index in [4.69, 9.17) is 9.47 Å². The van der Waals surface area contributed by atoms with Crippen molar-refractivity contribution < 1.29 is 19.1 Å². The molecule has 0 spiro atoms. The molecule has 1 saturated heterocycles. The second-order valence-electron chi connectivity index (χ2n) is 6.66. The molecule has 0 aromatic heterocycles. The first kappa shape index (κ1) is 19.4. The van der Waals surface area contributed by atoms with Crippen LogP contribution in [0.2, 0.25) is 0 Å². The number of rotatable bonds is 7. The molecule has 3 amide bonds. The second kappa shape index (κ2) is 8.12. The summed E-state index contributed by atoms with van der Waals surface area (Å²) in [5.41, 5.74) is 0.809. The highest BCUT2D eigenvalue weighted by molar-refractivity contribution is 6.07. The maximum Gasteiger partial charge on any atom is 0.346 e. The van der Waals surface area contributed by atoms with Gasteiger partial charge >= 0.3 is 6.03 Å². The summed E-state index contributed by atoms with van der Waals surface area (Å²) in [4.78, 5) is 24.4. The molecule has 1 N–H and O–H groups in total. The average molecular weight is 381 g/mol. The summed E-state index contributed by atoms with van der Waals surface area (Å²) in [5.74, 6) is 0.763. The maximum absolute atomic E-state index is 12.4. The number of carbonyl (C=O) groups is 2.